The van der Waals surface area contributed by atoms with E-state index in [1.165, 1.54) is 12.4 Å². The van der Waals surface area contributed by atoms with Crippen molar-refractivity contribution in [3.63, 3.8) is 0 Å². The number of Topliss-reactive ketones (excluding diaryl/α,β-unsaturated/α-hetero) is 2. The minimum absolute atomic E-state index is 0.160. The van der Waals surface area contributed by atoms with E-state index < -0.39 is 26.3 Å². The molecule has 0 fully saturated rings. The lowest BCUT2D eigenvalue weighted by Crippen LogP contribution is -2.31. The number of aromatic nitrogens is 2. The Labute approximate surface area is 144 Å². The standard InChI is InChI=1S/C17H15N3O4S/c1-9-4-5-11(10(2)8-9)20-14-15(21)12-13(19-7-6-18-12)16(22)17(14)25(3,23)24/h4-8,20H,1-3H3. The number of benzene rings is 1. The summed E-state index contributed by atoms with van der Waals surface area (Å²) in [5.74, 6) is -1.51. The maximum atomic E-state index is 12.8. The van der Waals surface area contributed by atoms with Crippen molar-refractivity contribution in [2.45, 2.75) is 13.8 Å². The highest BCUT2D eigenvalue weighted by Crippen LogP contribution is 2.29. The largest absolute Gasteiger partial charge is 0.351 e. The smallest absolute Gasteiger partial charge is 0.231 e. The Morgan fingerprint density at radius 3 is 2.12 bits per heavy atom. The zero-order valence-corrected chi connectivity index (χ0v) is 14.6. The third kappa shape index (κ3) is 2.96. The molecule has 0 aliphatic heterocycles. The van der Waals surface area contributed by atoms with Crippen LogP contribution < -0.4 is 5.32 Å². The molecule has 1 heterocycles. The van der Waals surface area contributed by atoms with Crippen molar-refractivity contribution in [2.24, 2.45) is 0 Å². The molecule has 1 aromatic carbocycles. The number of carbonyl (C=O) groups excluding carboxylic acids is 2. The number of anilines is 1. The fraction of sp³-hybridized carbons (Fsp3) is 0.176. The van der Waals surface area contributed by atoms with Gasteiger partial charge in [0, 0.05) is 24.3 Å². The summed E-state index contributed by atoms with van der Waals surface area (Å²) in [7, 11) is -3.96. The second-order valence-corrected chi connectivity index (χ2v) is 7.78. The van der Waals surface area contributed by atoms with Gasteiger partial charge in [0.1, 0.15) is 22.0 Å². The molecule has 1 aliphatic carbocycles. The van der Waals surface area contributed by atoms with Crippen LogP contribution in [0.15, 0.2) is 41.2 Å². The van der Waals surface area contributed by atoms with Crippen molar-refractivity contribution in [2.75, 3.05) is 11.6 Å². The van der Waals surface area contributed by atoms with Crippen molar-refractivity contribution in [3.05, 3.63) is 63.7 Å². The van der Waals surface area contributed by atoms with Crippen LogP contribution in [0.25, 0.3) is 0 Å². The van der Waals surface area contributed by atoms with Crippen molar-refractivity contribution < 1.29 is 18.0 Å². The molecule has 0 radical (unpaired) electrons. The number of allylic oxidation sites excluding steroid dienone is 2. The molecule has 1 N–H and O–H groups in total. The lowest BCUT2D eigenvalue weighted by atomic mass is 10.0. The van der Waals surface area contributed by atoms with E-state index in [1.54, 1.807) is 6.07 Å². The number of hydrogen-bond acceptors (Lipinski definition) is 7. The first-order chi connectivity index (χ1) is 11.7. The molecule has 1 aromatic heterocycles. The van der Waals surface area contributed by atoms with Crippen molar-refractivity contribution in [1.29, 1.82) is 0 Å². The highest BCUT2D eigenvalue weighted by Gasteiger charge is 2.39. The molecule has 1 aliphatic rings. The van der Waals surface area contributed by atoms with E-state index in [2.05, 4.69) is 15.3 Å². The van der Waals surface area contributed by atoms with Gasteiger partial charge in [-0.15, -0.1) is 0 Å². The van der Waals surface area contributed by atoms with Crippen LogP contribution in [0.1, 0.15) is 32.1 Å². The van der Waals surface area contributed by atoms with E-state index in [4.69, 9.17) is 0 Å². The van der Waals surface area contributed by atoms with E-state index >= 15 is 0 Å². The predicted octanol–water partition coefficient (Wildman–Crippen LogP) is 1.84. The number of fused-ring (bicyclic) bond motifs is 1. The Bertz CT molecular complexity index is 1060. The number of ketones is 2. The maximum Gasteiger partial charge on any atom is 0.231 e. The molecule has 8 heteroatoms. The third-order valence-corrected chi connectivity index (χ3v) is 4.93. The van der Waals surface area contributed by atoms with E-state index in [0.717, 1.165) is 17.4 Å². The number of carbonyl (C=O) groups is 2. The van der Waals surface area contributed by atoms with Gasteiger partial charge in [-0.25, -0.2) is 18.4 Å². The summed E-state index contributed by atoms with van der Waals surface area (Å²) in [6, 6.07) is 5.42. The first-order valence-corrected chi connectivity index (χ1v) is 9.28. The third-order valence-electron chi connectivity index (χ3n) is 3.80. The molecule has 3 rings (SSSR count). The summed E-state index contributed by atoms with van der Waals surface area (Å²) in [6.45, 7) is 3.73. The van der Waals surface area contributed by atoms with Crippen LogP contribution in [0.5, 0.6) is 0 Å². The van der Waals surface area contributed by atoms with Crippen molar-refractivity contribution in [1.82, 2.24) is 9.97 Å². The van der Waals surface area contributed by atoms with Crippen LogP contribution in [-0.2, 0) is 9.84 Å². The normalized spacial score (nSPS) is 14.5. The van der Waals surface area contributed by atoms with Gasteiger partial charge in [0.15, 0.2) is 9.84 Å². The average Bonchev–Trinajstić information content (AvgIpc) is 2.53. The Kier molecular flexibility index (Phi) is 4.00. The Morgan fingerprint density at radius 1 is 0.960 bits per heavy atom. The maximum absolute atomic E-state index is 12.8. The molecule has 2 aromatic rings. The van der Waals surface area contributed by atoms with Gasteiger partial charge in [0.25, 0.3) is 0 Å². The zero-order chi connectivity index (χ0) is 18.4. The molecule has 7 nitrogen and oxygen atoms in total. The molecular formula is C17H15N3O4S. The number of sulfone groups is 1. The number of hydrogen-bond donors (Lipinski definition) is 1. The lowest BCUT2D eigenvalue weighted by molar-refractivity contribution is 0.0974. The molecule has 0 atom stereocenters. The van der Waals surface area contributed by atoms with Crippen LogP contribution in [0.3, 0.4) is 0 Å². The van der Waals surface area contributed by atoms with E-state index in [1.807, 2.05) is 26.0 Å². The highest BCUT2D eigenvalue weighted by molar-refractivity contribution is 7.95. The average molecular weight is 357 g/mol. The molecule has 0 amide bonds. The van der Waals surface area contributed by atoms with Gasteiger partial charge in [-0.05, 0) is 25.5 Å². The number of nitrogens with zero attached hydrogens (tertiary/aromatic N) is 2. The summed E-state index contributed by atoms with van der Waals surface area (Å²) >= 11 is 0. The van der Waals surface area contributed by atoms with Gasteiger partial charge >= 0.3 is 0 Å². The van der Waals surface area contributed by atoms with Gasteiger partial charge in [-0.3, -0.25) is 9.59 Å². The summed E-state index contributed by atoms with van der Waals surface area (Å²) in [5.41, 5.74) is 1.65. The van der Waals surface area contributed by atoms with Gasteiger partial charge in [0.05, 0.1) is 0 Å². The summed E-state index contributed by atoms with van der Waals surface area (Å²) in [4.78, 5) is 32.5. The first-order valence-electron chi connectivity index (χ1n) is 7.39. The molecule has 128 valence electrons. The molecule has 0 spiro atoms. The molecule has 25 heavy (non-hydrogen) atoms. The van der Waals surface area contributed by atoms with Crippen LogP contribution in [0, 0.1) is 13.8 Å². The summed E-state index contributed by atoms with van der Waals surface area (Å²) in [5, 5.41) is 2.82. The fourth-order valence-corrected chi connectivity index (χ4v) is 3.62. The van der Waals surface area contributed by atoms with Gasteiger partial charge < -0.3 is 5.32 Å². The summed E-state index contributed by atoms with van der Waals surface area (Å²) in [6.07, 6.45) is 3.41. The van der Waals surface area contributed by atoms with Crippen LogP contribution in [0.4, 0.5) is 5.69 Å². The second kappa shape index (κ2) is 5.89. The first kappa shape index (κ1) is 17.0. The van der Waals surface area contributed by atoms with Crippen molar-refractivity contribution in [3.8, 4) is 0 Å². The zero-order valence-electron chi connectivity index (χ0n) is 13.8. The topological polar surface area (TPSA) is 106 Å². The van der Waals surface area contributed by atoms with Crippen LogP contribution in [-0.4, -0.2) is 36.2 Å². The molecular weight excluding hydrogens is 342 g/mol. The minimum Gasteiger partial charge on any atom is -0.351 e. The van der Waals surface area contributed by atoms with Crippen LogP contribution >= 0.6 is 0 Å². The Morgan fingerprint density at radius 2 is 1.56 bits per heavy atom. The van der Waals surface area contributed by atoms with E-state index in [-0.39, 0.29) is 17.1 Å². The lowest BCUT2D eigenvalue weighted by Gasteiger charge is -2.20. The highest BCUT2D eigenvalue weighted by atomic mass is 32.2. The summed E-state index contributed by atoms with van der Waals surface area (Å²) < 4.78 is 24.3. The number of rotatable bonds is 3. The molecule has 0 saturated carbocycles. The minimum atomic E-state index is -3.96. The second-order valence-electron chi connectivity index (χ2n) is 5.83. The van der Waals surface area contributed by atoms with E-state index in [9.17, 15) is 18.0 Å². The molecule has 0 bridgehead atoms. The Balaban J connectivity index is 2.22. The SMILES string of the molecule is Cc1ccc(NC2=C(S(C)(=O)=O)C(=O)c3nccnc3C2=O)c(C)c1. The van der Waals surface area contributed by atoms with Crippen LogP contribution in [0.2, 0.25) is 0 Å². The van der Waals surface area contributed by atoms with Crippen molar-refractivity contribution >= 4 is 27.1 Å². The fourth-order valence-electron chi connectivity index (χ4n) is 2.67. The van der Waals surface area contributed by atoms with Gasteiger partial charge in [0.2, 0.25) is 11.6 Å². The predicted molar refractivity (Wildman–Crippen MR) is 92.1 cm³/mol. The quantitative estimate of drug-likeness (QED) is 0.893. The number of aryl methyl sites for hydroxylation is 2. The monoisotopic (exact) mass is 357 g/mol. The van der Waals surface area contributed by atoms with Gasteiger partial charge in [-0.1, -0.05) is 17.7 Å². The molecule has 0 unspecified atom stereocenters. The van der Waals surface area contributed by atoms with E-state index in [0.29, 0.717) is 5.69 Å². The number of nitrogens with one attached hydrogen (secondary N) is 1. The molecule has 0 saturated heterocycles. The van der Waals surface area contributed by atoms with Gasteiger partial charge in [-0.2, -0.15) is 0 Å². The Hall–Kier alpha value is -2.87.